The number of ether oxygens (including phenoxy) is 2. The quantitative estimate of drug-likeness (QED) is 0.342. The summed E-state index contributed by atoms with van der Waals surface area (Å²) in [5, 5.41) is 12.5. The van der Waals surface area contributed by atoms with Crippen LogP contribution in [0.4, 0.5) is 0 Å². The van der Waals surface area contributed by atoms with E-state index in [2.05, 4.69) is 20.8 Å². The van der Waals surface area contributed by atoms with Gasteiger partial charge in [-0.2, -0.15) is 0 Å². The third kappa shape index (κ3) is 5.24. The van der Waals surface area contributed by atoms with Gasteiger partial charge in [-0.3, -0.25) is 0 Å². The number of hydroxylamine groups is 1. The van der Waals surface area contributed by atoms with Crippen LogP contribution >= 0.6 is 0 Å². The minimum atomic E-state index is -0.468. The van der Waals surface area contributed by atoms with Crippen molar-refractivity contribution in [3.63, 3.8) is 0 Å². The SMILES string of the molecule is CCOc1cc(C=[N+]([O-])C(C)(C)CC(C)(C)C)ccc1OC. The molecule has 0 saturated heterocycles. The van der Waals surface area contributed by atoms with E-state index >= 15 is 0 Å². The second-order valence-corrected chi connectivity index (χ2v) is 7.35. The third-order valence-electron chi connectivity index (χ3n) is 3.31. The van der Waals surface area contributed by atoms with Crippen molar-refractivity contribution in [3.05, 3.63) is 29.0 Å². The van der Waals surface area contributed by atoms with Gasteiger partial charge in [0, 0.05) is 25.8 Å². The van der Waals surface area contributed by atoms with Crippen molar-refractivity contribution in [1.29, 1.82) is 0 Å². The second-order valence-electron chi connectivity index (χ2n) is 7.35. The molecule has 0 unspecified atom stereocenters. The van der Waals surface area contributed by atoms with E-state index < -0.39 is 5.54 Å². The molecule has 0 amide bonds. The van der Waals surface area contributed by atoms with Crippen LogP contribution in [0.3, 0.4) is 0 Å². The Bertz CT molecular complexity index is 528. The largest absolute Gasteiger partial charge is 0.623 e. The Labute approximate surface area is 134 Å². The lowest BCUT2D eigenvalue weighted by Gasteiger charge is -2.30. The fourth-order valence-electron chi connectivity index (χ4n) is 2.73. The molecule has 0 bridgehead atoms. The molecule has 1 aromatic rings. The minimum Gasteiger partial charge on any atom is -0.623 e. The zero-order valence-electron chi connectivity index (χ0n) is 14.9. The molecule has 0 aliphatic heterocycles. The van der Waals surface area contributed by atoms with E-state index in [0.717, 1.165) is 16.7 Å². The van der Waals surface area contributed by atoms with Crippen LogP contribution in [0, 0.1) is 10.6 Å². The minimum absolute atomic E-state index is 0.0936. The number of methoxy groups -OCH3 is 1. The lowest BCUT2D eigenvalue weighted by molar-refractivity contribution is -0.540. The summed E-state index contributed by atoms with van der Waals surface area (Å²) in [6.07, 6.45) is 2.42. The molecule has 124 valence electrons. The summed E-state index contributed by atoms with van der Waals surface area (Å²) in [5.74, 6) is 1.33. The zero-order valence-corrected chi connectivity index (χ0v) is 14.9. The van der Waals surface area contributed by atoms with Gasteiger partial charge >= 0.3 is 0 Å². The Morgan fingerprint density at radius 2 is 1.77 bits per heavy atom. The highest BCUT2D eigenvalue weighted by atomic mass is 16.5. The highest BCUT2D eigenvalue weighted by Crippen LogP contribution is 2.30. The maximum atomic E-state index is 12.5. The van der Waals surface area contributed by atoms with Gasteiger partial charge in [-0.1, -0.05) is 20.8 Å². The molecule has 0 aromatic heterocycles. The predicted molar refractivity (Wildman–Crippen MR) is 91.1 cm³/mol. The van der Waals surface area contributed by atoms with Crippen LogP contribution in [-0.2, 0) is 0 Å². The van der Waals surface area contributed by atoms with Crippen LogP contribution in [0.1, 0.15) is 53.5 Å². The lowest BCUT2D eigenvalue weighted by atomic mass is 9.82. The first kappa shape index (κ1) is 18.3. The fourth-order valence-corrected chi connectivity index (χ4v) is 2.73. The Kier molecular flexibility index (Phi) is 5.86. The average molecular weight is 307 g/mol. The van der Waals surface area contributed by atoms with Crippen LogP contribution in [0.25, 0.3) is 0 Å². The number of hydrogen-bond acceptors (Lipinski definition) is 3. The predicted octanol–water partition coefficient (Wildman–Crippen LogP) is 4.24. The molecule has 0 aliphatic rings. The summed E-state index contributed by atoms with van der Waals surface area (Å²) in [7, 11) is 1.60. The lowest BCUT2D eigenvalue weighted by Crippen LogP contribution is -2.37. The van der Waals surface area contributed by atoms with Crippen molar-refractivity contribution in [2.75, 3.05) is 13.7 Å². The third-order valence-corrected chi connectivity index (χ3v) is 3.31. The summed E-state index contributed by atoms with van der Waals surface area (Å²) in [5.41, 5.74) is 0.432. The molecule has 0 aliphatic carbocycles. The molecule has 0 spiro atoms. The van der Waals surface area contributed by atoms with E-state index in [1.54, 1.807) is 13.3 Å². The normalized spacial score (nSPS) is 13.1. The van der Waals surface area contributed by atoms with Crippen LogP contribution in [0.15, 0.2) is 18.2 Å². The van der Waals surface area contributed by atoms with Crippen LogP contribution in [-0.4, -0.2) is 30.2 Å². The van der Waals surface area contributed by atoms with Gasteiger partial charge in [0.15, 0.2) is 23.3 Å². The molecule has 0 heterocycles. The molecule has 4 nitrogen and oxygen atoms in total. The summed E-state index contributed by atoms with van der Waals surface area (Å²) >= 11 is 0. The van der Waals surface area contributed by atoms with Gasteiger partial charge in [-0.25, -0.2) is 4.74 Å². The van der Waals surface area contributed by atoms with Gasteiger partial charge in [0.25, 0.3) is 0 Å². The molecule has 0 N–H and O–H groups in total. The summed E-state index contributed by atoms with van der Waals surface area (Å²) in [6.45, 7) is 12.8. The van der Waals surface area contributed by atoms with Gasteiger partial charge in [0.1, 0.15) is 0 Å². The van der Waals surface area contributed by atoms with E-state index in [4.69, 9.17) is 9.47 Å². The van der Waals surface area contributed by atoms with Crippen molar-refractivity contribution in [2.45, 2.75) is 53.5 Å². The molecular formula is C18H29NO3. The fraction of sp³-hybridized carbons (Fsp3) is 0.611. The second kappa shape index (κ2) is 7.03. The average Bonchev–Trinajstić information content (AvgIpc) is 2.36. The first-order valence-corrected chi connectivity index (χ1v) is 7.71. The van der Waals surface area contributed by atoms with Crippen LogP contribution in [0.2, 0.25) is 0 Å². The first-order chi connectivity index (χ1) is 10.1. The number of benzene rings is 1. The molecule has 0 radical (unpaired) electrons. The Balaban J connectivity index is 3.07. The zero-order chi connectivity index (χ0) is 17.0. The molecule has 0 saturated carbocycles. The van der Waals surface area contributed by atoms with Crippen molar-refractivity contribution < 1.29 is 14.2 Å². The Morgan fingerprint density at radius 1 is 1.14 bits per heavy atom. The van der Waals surface area contributed by atoms with Crippen molar-refractivity contribution in [1.82, 2.24) is 0 Å². The monoisotopic (exact) mass is 307 g/mol. The standard InChI is InChI=1S/C18H29NO3/c1-8-22-16-11-14(9-10-15(16)21-7)12-19(20)18(5,6)13-17(2,3)4/h9-12H,8,13H2,1-7H3. The molecule has 0 fully saturated rings. The van der Waals surface area contributed by atoms with Crippen LogP contribution < -0.4 is 9.47 Å². The topological polar surface area (TPSA) is 44.5 Å². The number of hydrogen-bond donors (Lipinski definition) is 0. The molecule has 22 heavy (non-hydrogen) atoms. The maximum absolute atomic E-state index is 12.5. The molecule has 1 rings (SSSR count). The summed E-state index contributed by atoms with van der Waals surface area (Å²) < 4.78 is 11.8. The van der Waals surface area contributed by atoms with Gasteiger partial charge in [-0.05, 0) is 30.5 Å². The number of rotatable bonds is 6. The molecule has 4 heteroatoms. The highest BCUT2D eigenvalue weighted by molar-refractivity contribution is 5.77. The summed E-state index contributed by atoms with van der Waals surface area (Å²) in [4.78, 5) is 0. The first-order valence-electron chi connectivity index (χ1n) is 7.71. The summed E-state index contributed by atoms with van der Waals surface area (Å²) in [6, 6.07) is 5.52. The van der Waals surface area contributed by atoms with Gasteiger partial charge in [-0.15, -0.1) is 0 Å². The highest BCUT2D eigenvalue weighted by Gasteiger charge is 2.32. The molecule has 0 atom stereocenters. The van der Waals surface area contributed by atoms with Crippen molar-refractivity contribution in [3.8, 4) is 11.5 Å². The molecular weight excluding hydrogens is 278 g/mol. The number of nitrogens with zero attached hydrogens (tertiary/aromatic N) is 1. The molecule has 1 aromatic carbocycles. The van der Waals surface area contributed by atoms with E-state index in [9.17, 15) is 5.21 Å². The van der Waals surface area contributed by atoms with E-state index in [1.807, 2.05) is 39.0 Å². The van der Waals surface area contributed by atoms with Gasteiger partial charge in [0.2, 0.25) is 0 Å². The maximum Gasteiger partial charge on any atom is 0.182 e. The van der Waals surface area contributed by atoms with Gasteiger partial charge < -0.3 is 14.7 Å². The van der Waals surface area contributed by atoms with E-state index in [0.29, 0.717) is 18.1 Å². The Hall–Kier alpha value is -1.71. The van der Waals surface area contributed by atoms with Crippen molar-refractivity contribution in [2.24, 2.45) is 5.41 Å². The van der Waals surface area contributed by atoms with Crippen molar-refractivity contribution >= 4 is 6.21 Å². The van der Waals surface area contributed by atoms with E-state index in [1.165, 1.54) is 0 Å². The smallest absolute Gasteiger partial charge is 0.182 e. The Morgan fingerprint density at radius 3 is 2.27 bits per heavy atom. The van der Waals surface area contributed by atoms with Crippen LogP contribution in [0.5, 0.6) is 11.5 Å². The van der Waals surface area contributed by atoms with E-state index in [-0.39, 0.29) is 5.41 Å². The van der Waals surface area contributed by atoms with Gasteiger partial charge in [0.05, 0.1) is 13.7 Å².